The quantitative estimate of drug-likeness (QED) is 0.879. The Kier molecular flexibility index (Phi) is 4.71. The Balaban J connectivity index is 2.93. The molecule has 96 valence electrons. The van der Waals surface area contributed by atoms with E-state index in [4.69, 9.17) is 0 Å². The molecule has 0 unspecified atom stereocenters. The van der Waals surface area contributed by atoms with E-state index in [9.17, 15) is 8.42 Å². The zero-order valence-corrected chi connectivity index (χ0v) is 11.8. The van der Waals surface area contributed by atoms with Gasteiger partial charge in [0.1, 0.15) is 0 Å². The molecule has 17 heavy (non-hydrogen) atoms. The van der Waals surface area contributed by atoms with Crippen LogP contribution in [0.4, 0.5) is 0 Å². The fourth-order valence-corrected chi connectivity index (χ4v) is 3.07. The SMILES string of the molecule is CCC[C@H](C)NS(=O)(=O)c1ccc(C)c(C)c1. The van der Waals surface area contributed by atoms with Crippen LogP contribution in [0.25, 0.3) is 0 Å². The van der Waals surface area contributed by atoms with Crippen molar-refractivity contribution >= 4 is 10.0 Å². The second-order valence-electron chi connectivity index (χ2n) is 4.56. The number of benzene rings is 1. The summed E-state index contributed by atoms with van der Waals surface area (Å²) in [6.45, 7) is 7.83. The summed E-state index contributed by atoms with van der Waals surface area (Å²) in [7, 11) is -3.37. The maximum absolute atomic E-state index is 12.1. The first-order valence-electron chi connectivity index (χ1n) is 5.96. The van der Waals surface area contributed by atoms with E-state index < -0.39 is 10.0 Å². The van der Waals surface area contributed by atoms with Crippen LogP contribution < -0.4 is 4.72 Å². The molecule has 1 rings (SSSR count). The van der Waals surface area contributed by atoms with Crippen molar-refractivity contribution in [2.24, 2.45) is 0 Å². The second kappa shape index (κ2) is 5.65. The number of rotatable bonds is 5. The molecule has 3 nitrogen and oxygen atoms in total. The van der Waals surface area contributed by atoms with Crippen LogP contribution in [0.3, 0.4) is 0 Å². The molecule has 1 atom stereocenters. The molecule has 0 saturated heterocycles. The Morgan fingerprint density at radius 3 is 2.41 bits per heavy atom. The Morgan fingerprint density at radius 2 is 1.88 bits per heavy atom. The van der Waals surface area contributed by atoms with Crippen molar-refractivity contribution in [3.05, 3.63) is 29.3 Å². The third kappa shape index (κ3) is 3.82. The van der Waals surface area contributed by atoms with E-state index >= 15 is 0 Å². The molecule has 0 aromatic heterocycles. The first-order valence-corrected chi connectivity index (χ1v) is 7.44. The zero-order valence-electron chi connectivity index (χ0n) is 10.9. The van der Waals surface area contributed by atoms with Gasteiger partial charge in [-0.1, -0.05) is 19.4 Å². The molecular weight excluding hydrogens is 234 g/mol. The van der Waals surface area contributed by atoms with Gasteiger partial charge in [-0.05, 0) is 50.5 Å². The Morgan fingerprint density at radius 1 is 1.24 bits per heavy atom. The third-order valence-electron chi connectivity index (χ3n) is 2.87. The molecule has 0 fully saturated rings. The molecule has 1 aromatic rings. The molecule has 0 heterocycles. The molecule has 0 aliphatic heterocycles. The Labute approximate surface area is 104 Å². The summed E-state index contributed by atoms with van der Waals surface area (Å²) in [5.41, 5.74) is 2.10. The van der Waals surface area contributed by atoms with Gasteiger partial charge in [0.05, 0.1) is 4.90 Å². The molecule has 4 heteroatoms. The molecule has 0 amide bonds. The highest BCUT2D eigenvalue weighted by atomic mass is 32.2. The average molecular weight is 255 g/mol. The van der Waals surface area contributed by atoms with Crippen molar-refractivity contribution in [3.8, 4) is 0 Å². The molecular formula is C13H21NO2S. The molecule has 0 aliphatic rings. The van der Waals surface area contributed by atoms with E-state index in [0.717, 1.165) is 24.0 Å². The highest BCUT2D eigenvalue weighted by Crippen LogP contribution is 2.15. The second-order valence-corrected chi connectivity index (χ2v) is 6.27. The van der Waals surface area contributed by atoms with Crippen molar-refractivity contribution in [3.63, 3.8) is 0 Å². The molecule has 1 aromatic carbocycles. The number of hydrogen-bond acceptors (Lipinski definition) is 2. The maximum Gasteiger partial charge on any atom is 0.240 e. The summed E-state index contributed by atoms with van der Waals surface area (Å²) in [5, 5.41) is 0. The topological polar surface area (TPSA) is 46.2 Å². The van der Waals surface area contributed by atoms with Crippen LogP contribution in [0, 0.1) is 13.8 Å². The Bertz CT molecular complexity index is 480. The van der Waals surface area contributed by atoms with Gasteiger partial charge in [0.2, 0.25) is 10.0 Å². The highest BCUT2D eigenvalue weighted by molar-refractivity contribution is 7.89. The van der Waals surface area contributed by atoms with Gasteiger partial charge in [0.15, 0.2) is 0 Å². The number of sulfonamides is 1. The molecule has 0 saturated carbocycles. The van der Waals surface area contributed by atoms with E-state index in [1.165, 1.54) is 0 Å². The van der Waals surface area contributed by atoms with Gasteiger partial charge in [0, 0.05) is 6.04 Å². The average Bonchev–Trinajstić information content (AvgIpc) is 2.21. The molecule has 0 spiro atoms. The fourth-order valence-electron chi connectivity index (χ4n) is 1.71. The van der Waals surface area contributed by atoms with Crippen molar-refractivity contribution in [1.82, 2.24) is 4.72 Å². The number of aryl methyl sites for hydroxylation is 2. The van der Waals surface area contributed by atoms with Gasteiger partial charge in [-0.15, -0.1) is 0 Å². The Hall–Kier alpha value is -0.870. The normalized spacial score (nSPS) is 13.6. The minimum atomic E-state index is -3.37. The number of hydrogen-bond donors (Lipinski definition) is 1. The summed E-state index contributed by atoms with van der Waals surface area (Å²) >= 11 is 0. The van der Waals surface area contributed by atoms with Crippen LogP contribution in [0.2, 0.25) is 0 Å². The van der Waals surface area contributed by atoms with Gasteiger partial charge in [-0.2, -0.15) is 0 Å². The molecule has 0 aliphatic carbocycles. The van der Waals surface area contributed by atoms with Crippen molar-refractivity contribution in [1.29, 1.82) is 0 Å². The lowest BCUT2D eigenvalue weighted by molar-refractivity contribution is 0.544. The standard InChI is InChI=1S/C13H21NO2S/c1-5-6-12(4)14-17(15,16)13-8-7-10(2)11(3)9-13/h7-9,12,14H,5-6H2,1-4H3/t12-/m0/s1. The van der Waals surface area contributed by atoms with Crippen molar-refractivity contribution in [2.45, 2.75) is 51.5 Å². The van der Waals surface area contributed by atoms with Crippen molar-refractivity contribution < 1.29 is 8.42 Å². The summed E-state index contributed by atoms with van der Waals surface area (Å²) in [6, 6.07) is 5.19. The van der Waals surface area contributed by atoms with E-state index in [1.807, 2.05) is 33.8 Å². The van der Waals surface area contributed by atoms with E-state index in [1.54, 1.807) is 12.1 Å². The first kappa shape index (κ1) is 14.2. The number of nitrogens with one attached hydrogen (secondary N) is 1. The van der Waals surface area contributed by atoms with Gasteiger partial charge >= 0.3 is 0 Å². The van der Waals surface area contributed by atoms with Gasteiger partial charge < -0.3 is 0 Å². The smallest absolute Gasteiger partial charge is 0.208 e. The lowest BCUT2D eigenvalue weighted by atomic mass is 10.1. The summed E-state index contributed by atoms with van der Waals surface area (Å²) in [4.78, 5) is 0.351. The largest absolute Gasteiger partial charge is 0.240 e. The third-order valence-corrected chi connectivity index (χ3v) is 4.45. The maximum atomic E-state index is 12.1. The first-order chi connectivity index (χ1) is 7.86. The predicted molar refractivity (Wildman–Crippen MR) is 70.6 cm³/mol. The lowest BCUT2D eigenvalue weighted by Crippen LogP contribution is -2.32. The van der Waals surface area contributed by atoms with Crippen LogP contribution >= 0.6 is 0 Å². The van der Waals surface area contributed by atoms with E-state index in [0.29, 0.717) is 4.90 Å². The minimum Gasteiger partial charge on any atom is -0.208 e. The monoisotopic (exact) mass is 255 g/mol. The van der Waals surface area contributed by atoms with Crippen molar-refractivity contribution in [2.75, 3.05) is 0 Å². The lowest BCUT2D eigenvalue weighted by Gasteiger charge is -2.14. The molecule has 0 bridgehead atoms. The molecule has 1 N–H and O–H groups in total. The van der Waals surface area contributed by atoms with Gasteiger partial charge in [-0.25, -0.2) is 13.1 Å². The van der Waals surface area contributed by atoms with Crippen LogP contribution in [-0.2, 0) is 10.0 Å². The summed E-state index contributed by atoms with van der Waals surface area (Å²) < 4.78 is 26.8. The molecule has 0 radical (unpaired) electrons. The minimum absolute atomic E-state index is 0.0217. The van der Waals surface area contributed by atoms with Crippen LogP contribution in [-0.4, -0.2) is 14.5 Å². The fraction of sp³-hybridized carbons (Fsp3) is 0.538. The van der Waals surface area contributed by atoms with Gasteiger partial charge in [-0.3, -0.25) is 0 Å². The van der Waals surface area contributed by atoms with Crippen LogP contribution in [0.15, 0.2) is 23.1 Å². The summed E-state index contributed by atoms with van der Waals surface area (Å²) in [6.07, 6.45) is 1.82. The van der Waals surface area contributed by atoms with Gasteiger partial charge in [0.25, 0.3) is 0 Å². The highest BCUT2D eigenvalue weighted by Gasteiger charge is 2.17. The van der Waals surface area contributed by atoms with E-state index in [-0.39, 0.29) is 6.04 Å². The predicted octanol–water partition coefficient (Wildman–Crippen LogP) is 2.77. The van der Waals surface area contributed by atoms with Crippen LogP contribution in [0.1, 0.15) is 37.8 Å². The van der Waals surface area contributed by atoms with E-state index in [2.05, 4.69) is 4.72 Å². The summed E-state index contributed by atoms with van der Waals surface area (Å²) in [5.74, 6) is 0. The van der Waals surface area contributed by atoms with Crippen LogP contribution in [0.5, 0.6) is 0 Å². The zero-order chi connectivity index (χ0) is 13.1.